The molecule has 6 aromatic carbocycles. The van der Waals surface area contributed by atoms with Crippen LogP contribution in [0.15, 0.2) is 142 Å². The number of benzene rings is 6. The summed E-state index contributed by atoms with van der Waals surface area (Å²) in [5.41, 5.74) is -1.46. The lowest BCUT2D eigenvalue weighted by atomic mass is 9.93. The van der Waals surface area contributed by atoms with Crippen LogP contribution in [0.4, 0.5) is 26.3 Å². The Balaban J connectivity index is 0.000000244. The zero-order valence-electron chi connectivity index (χ0n) is 33.7. The quantitative estimate of drug-likeness (QED) is 0.0986. The van der Waals surface area contributed by atoms with Crippen LogP contribution in [0.25, 0.3) is 45.1 Å². The van der Waals surface area contributed by atoms with Crippen molar-refractivity contribution in [1.29, 1.82) is 0 Å². The highest BCUT2D eigenvalue weighted by Gasteiger charge is 2.41. The van der Waals surface area contributed by atoms with Crippen molar-refractivity contribution in [3.05, 3.63) is 166 Å². The topological polar surface area (TPSA) is 134 Å². The number of para-hydroxylation sites is 4. The number of hydrogen-bond acceptors (Lipinski definition) is 9. The van der Waals surface area contributed by atoms with Gasteiger partial charge in [0, 0.05) is 21.2 Å². The molecule has 18 heteroatoms. The average molecular weight is 970 g/mol. The van der Waals surface area contributed by atoms with E-state index in [0.29, 0.717) is 37.8 Å². The Hall–Kier alpha value is -7.04. The van der Waals surface area contributed by atoms with E-state index in [0.717, 1.165) is 30.3 Å². The van der Waals surface area contributed by atoms with Gasteiger partial charge in [-0.05, 0) is 98.8 Å². The number of ether oxygens (including phenoxy) is 3. The van der Waals surface area contributed by atoms with Crippen molar-refractivity contribution in [1.82, 2.24) is 9.97 Å². The summed E-state index contributed by atoms with van der Waals surface area (Å²) >= 11 is 12.3. The molecule has 0 aliphatic carbocycles. The average Bonchev–Trinajstić information content (AvgIpc) is 3.91. The highest BCUT2D eigenvalue weighted by molar-refractivity contribution is 6.31. The third-order valence-corrected chi connectivity index (χ3v) is 10.1. The lowest BCUT2D eigenvalue weighted by molar-refractivity contribution is -0.155. The van der Waals surface area contributed by atoms with Gasteiger partial charge in [-0.1, -0.05) is 86.6 Å². The van der Waals surface area contributed by atoms with Gasteiger partial charge >= 0.3 is 24.3 Å². The summed E-state index contributed by atoms with van der Waals surface area (Å²) < 4.78 is 108. The highest BCUT2D eigenvalue weighted by Crippen LogP contribution is 2.41. The molecule has 0 aliphatic rings. The summed E-state index contributed by atoms with van der Waals surface area (Å²) in [6, 6.07) is 31.3. The van der Waals surface area contributed by atoms with Gasteiger partial charge in [0.1, 0.15) is 22.5 Å². The molecule has 1 N–H and O–H groups in total. The summed E-state index contributed by atoms with van der Waals surface area (Å²) in [4.78, 5) is 33.6. The third-order valence-electron chi connectivity index (χ3n) is 9.66. The second-order valence-electron chi connectivity index (χ2n) is 14.1. The SMILES string of the molecule is C.C.CC(Oc1ccc(Cl)cc1-c1nc2ccccc2o1)(C(=O)O)c1cccc(C(F)(F)F)c1.CCOC(=O)C(Oc1ccc(Cl)cc1-c1nc2ccccc2o1)c1cccc(C(F)(F)F)c1. The van der Waals surface area contributed by atoms with Crippen LogP contribution in [0.3, 0.4) is 0 Å². The van der Waals surface area contributed by atoms with E-state index in [2.05, 4.69) is 9.97 Å². The molecular weight excluding hydrogens is 929 g/mol. The Kier molecular flexibility index (Phi) is 15.7. The fraction of sp³-hybridized carbons (Fsp3) is 0.184. The van der Waals surface area contributed by atoms with Crippen molar-refractivity contribution in [2.45, 2.75) is 52.8 Å². The molecular formula is C49H40Cl2F6N2O8. The fourth-order valence-corrected chi connectivity index (χ4v) is 6.76. The molecule has 0 fully saturated rings. The van der Waals surface area contributed by atoms with Gasteiger partial charge in [0.15, 0.2) is 11.2 Å². The molecule has 0 aliphatic heterocycles. The summed E-state index contributed by atoms with van der Waals surface area (Å²) in [7, 11) is 0. The van der Waals surface area contributed by atoms with Crippen molar-refractivity contribution in [3.8, 4) is 34.4 Å². The zero-order valence-corrected chi connectivity index (χ0v) is 35.2. The van der Waals surface area contributed by atoms with E-state index >= 15 is 0 Å². The summed E-state index contributed by atoms with van der Waals surface area (Å²) in [6.07, 6.45) is -10.7. The Morgan fingerprint density at radius 1 is 0.642 bits per heavy atom. The molecule has 0 saturated carbocycles. The van der Waals surface area contributed by atoms with Crippen LogP contribution >= 0.6 is 23.2 Å². The minimum atomic E-state index is -4.64. The van der Waals surface area contributed by atoms with Crippen LogP contribution in [0.1, 0.15) is 57.1 Å². The van der Waals surface area contributed by atoms with Gasteiger partial charge in [-0.2, -0.15) is 26.3 Å². The van der Waals surface area contributed by atoms with E-state index in [1.54, 1.807) is 55.5 Å². The van der Waals surface area contributed by atoms with E-state index < -0.39 is 47.1 Å². The van der Waals surface area contributed by atoms with Crippen LogP contribution in [-0.2, 0) is 32.3 Å². The number of hydrogen-bond donors (Lipinski definition) is 1. The number of aliphatic carboxylic acids is 1. The molecule has 0 spiro atoms. The van der Waals surface area contributed by atoms with Gasteiger partial charge in [-0.3, -0.25) is 0 Å². The number of carboxylic acid groups (broad SMARTS) is 1. The number of rotatable bonds is 11. The number of carboxylic acids is 1. The number of oxazole rings is 2. The second-order valence-corrected chi connectivity index (χ2v) is 15.0. The molecule has 8 aromatic rings. The van der Waals surface area contributed by atoms with Crippen LogP contribution in [-0.4, -0.2) is 33.6 Å². The maximum Gasteiger partial charge on any atom is 0.416 e. The first-order chi connectivity index (χ1) is 30.8. The Morgan fingerprint density at radius 2 is 1.12 bits per heavy atom. The third kappa shape index (κ3) is 11.5. The summed E-state index contributed by atoms with van der Waals surface area (Å²) in [5, 5.41) is 10.6. The van der Waals surface area contributed by atoms with Gasteiger partial charge in [0.25, 0.3) is 0 Å². The molecule has 0 amide bonds. The van der Waals surface area contributed by atoms with E-state index in [1.807, 2.05) is 0 Å². The Bertz CT molecular complexity index is 2960. The normalized spacial score (nSPS) is 12.7. The maximum absolute atomic E-state index is 13.2. The first-order valence-corrected chi connectivity index (χ1v) is 20.0. The van der Waals surface area contributed by atoms with Crippen LogP contribution in [0.5, 0.6) is 11.5 Å². The van der Waals surface area contributed by atoms with Crippen LogP contribution in [0, 0.1) is 0 Å². The Labute approximate surface area is 389 Å². The van der Waals surface area contributed by atoms with E-state index in [1.165, 1.54) is 61.5 Å². The van der Waals surface area contributed by atoms with E-state index in [4.69, 9.17) is 46.2 Å². The smallest absolute Gasteiger partial charge is 0.416 e. The first kappa shape index (κ1) is 51.0. The lowest BCUT2D eigenvalue weighted by Crippen LogP contribution is -2.39. The number of carbonyl (C=O) groups is 2. The molecule has 8 rings (SSSR count). The van der Waals surface area contributed by atoms with Gasteiger partial charge in [0.2, 0.25) is 23.5 Å². The zero-order chi connectivity index (χ0) is 46.7. The number of alkyl halides is 6. The minimum Gasteiger partial charge on any atom is -0.478 e. The van der Waals surface area contributed by atoms with Crippen LogP contribution < -0.4 is 9.47 Å². The van der Waals surface area contributed by atoms with Crippen molar-refractivity contribution in [3.63, 3.8) is 0 Å². The minimum absolute atomic E-state index is 0. The molecule has 2 unspecified atom stereocenters. The first-order valence-electron chi connectivity index (χ1n) is 19.3. The number of halogens is 8. The molecule has 0 bridgehead atoms. The molecule has 0 radical (unpaired) electrons. The Morgan fingerprint density at radius 3 is 1.63 bits per heavy atom. The highest BCUT2D eigenvalue weighted by atomic mass is 35.5. The van der Waals surface area contributed by atoms with Gasteiger partial charge in [-0.15, -0.1) is 0 Å². The van der Waals surface area contributed by atoms with Gasteiger partial charge in [-0.25, -0.2) is 19.6 Å². The van der Waals surface area contributed by atoms with Crippen molar-refractivity contribution >= 4 is 57.3 Å². The van der Waals surface area contributed by atoms with Gasteiger partial charge < -0.3 is 28.2 Å². The number of carbonyl (C=O) groups excluding carboxylic acids is 1. The predicted molar refractivity (Wildman–Crippen MR) is 241 cm³/mol. The largest absolute Gasteiger partial charge is 0.478 e. The monoisotopic (exact) mass is 968 g/mol. The van der Waals surface area contributed by atoms with Crippen molar-refractivity contribution in [2.24, 2.45) is 0 Å². The summed E-state index contributed by atoms with van der Waals surface area (Å²) in [5.74, 6) is -1.84. The number of nitrogens with zero attached hydrogens (tertiary/aromatic N) is 2. The maximum atomic E-state index is 13.2. The van der Waals surface area contributed by atoms with E-state index in [-0.39, 0.29) is 61.4 Å². The van der Waals surface area contributed by atoms with Crippen molar-refractivity contribution in [2.75, 3.05) is 6.61 Å². The fourth-order valence-electron chi connectivity index (χ4n) is 6.42. The van der Waals surface area contributed by atoms with E-state index in [9.17, 15) is 41.0 Å². The molecule has 67 heavy (non-hydrogen) atoms. The molecule has 0 saturated heterocycles. The number of fused-ring (bicyclic) bond motifs is 2. The molecule has 2 atom stereocenters. The lowest BCUT2D eigenvalue weighted by Gasteiger charge is -2.28. The molecule has 2 heterocycles. The second kappa shape index (κ2) is 20.6. The van der Waals surface area contributed by atoms with Gasteiger partial charge in [0.05, 0.1) is 28.9 Å². The molecule has 350 valence electrons. The standard InChI is InChI=1S/C24H17ClF3NO4.C23H15ClF3NO4.2CH4/c1-2-31-23(30)21(14-6-5-7-15(12-14)24(26,27)28)32-19-11-10-16(25)13-17(19)22-29-18-8-3-4-9-20(18)33-22;1-22(21(29)30,13-5-4-6-14(11-13)23(25,26)27)32-18-10-9-15(24)12-16(18)20-28-17-7-2-3-8-19(17)31-20;;/h3-13,21H,2H2,1H3;2-12H,1H3,(H,29,30);2*1H4. The molecule has 2 aromatic heterocycles. The number of aromatic nitrogens is 2. The summed E-state index contributed by atoms with van der Waals surface area (Å²) in [6.45, 7) is 2.79. The van der Waals surface area contributed by atoms with Crippen LogP contribution in [0.2, 0.25) is 10.0 Å². The van der Waals surface area contributed by atoms with Crippen molar-refractivity contribution < 1.29 is 64.1 Å². The predicted octanol–water partition coefficient (Wildman–Crippen LogP) is 14.7. The number of esters is 1. The molecule has 10 nitrogen and oxygen atoms in total.